The monoisotopic (exact) mass is 193 g/mol. The number of carbonyl (C=O) groups is 2. The van der Waals surface area contributed by atoms with Gasteiger partial charge >= 0.3 is 0 Å². The molecule has 76 valence electrons. The molecule has 1 saturated heterocycles. The molecule has 1 aliphatic heterocycles. The second-order valence-electron chi connectivity index (χ2n) is 5.23. The van der Waals surface area contributed by atoms with E-state index in [-0.39, 0.29) is 23.1 Å². The van der Waals surface area contributed by atoms with Crippen molar-refractivity contribution in [3.8, 4) is 0 Å². The fourth-order valence-electron chi connectivity index (χ4n) is 4.04. The molecule has 0 aromatic heterocycles. The minimum absolute atomic E-state index is 0.0127. The van der Waals surface area contributed by atoms with Gasteiger partial charge in [0.05, 0.1) is 11.3 Å². The van der Waals surface area contributed by atoms with Crippen molar-refractivity contribution in [2.45, 2.75) is 26.2 Å². The van der Waals surface area contributed by atoms with Crippen LogP contribution in [0.5, 0.6) is 0 Å². The Morgan fingerprint density at radius 2 is 2.07 bits per heavy atom. The lowest BCUT2D eigenvalue weighted by Gasteiger charge is -2.31. The van der Waals surface area contributed by atoms with E-state index >= 15 is 0 Å². The first kappa shape index (κ1) is 8.45. The second kappa shape index (κ2) is 2.20. The second-order valence-corrected chi connectivity index (χ2v) is 5.23. The van der Waals surface area contributed by atoms with Crippen LogP contribution in [0.1, 0.15) is 26.2 Å². The highest BCUT2D eigenvalue weighted by Gasteiger charge is 2.67. The highest BCUT2D eigenvalue weighted by atomic mass is 16.2. The van der Waals surface area contributed by atoms with Gasteiger partial charge in [0.15, 0.2) is 0 Å². The molecule has 2 bridgehead atoms. The zero-order valence-corrected chi connectivity index (χ0v) is 8.62. The van der Waals surface area contributed by atoms with Crippen LogP contribution in [-0.2, 0) is 9.59 Å². The molecule has 4 atom stereocenters. The predicted octanol–water partition coefficient (Wildman–Crippen LogP) is 1.04. The van der Waals surface area contributed by atoms with Crippen molar-refractivity contribution >= 4 is 11.8 Å². The van der Waals surface area contributed by atoms with Gasteiger partial charge in [-0.2, -0.15) is 0 Å². The highest BCUT2D eigenvalue weighted by molar-refractivity contribution is 6.07. The van der Waals surface area contributed by atoms with Crippen LogP contribution in [0, 0.1) is 23.2 Å². The normalized spacial score (nSPS) is 50.4. The molecule has 2 saturated carbocycles. The van der Waals surface area contributed by atoms with Gasteiger partial charge in [-0.05, 0) is 38.0 Å². The van der Waals surface area contributed by atoms with Gasteiger partial charge in [-0.25, -0.2) is 0 Å². The maximum atomic E-state index is 12.0. The summed E-state index contributed by atoms with van der Waals surface area (Å²) in [6.45, 7) is 2.01. The van der Waals surface area contributed by atoms with Gasteiger partial charge in [0.25, 0.3) is 0 Å². The Hall–Kier alpha value is -0.860. The summed E-state index contributed by atoms with van der Waals surface area (Å²) in [5, 5.41) is 0. The van der Waals surface area contributed by atoms with Gasteiger partial charge in [-0.15, -0.1) is 0 Å². The number of amides is 2. The molecule has 1 heterocycles. The lowest BCUT2D eigenvalue weighted by Crippen LogP contribution is -2.37. The zero-order valence-electron chi connectivity index (χ0n) is 8.62. The van der Waals surface area contributed by atoms with Crippen molar-refractivity contribution in [2.75, 3.05) is 7.05 Å². The third kappa shape index (κ3) is 0.645. The van der Waals surface area contributed by atoms with E-state index in [1.165, 1.54) is 4.90 Å². The van der Waals surface area contributed by atoms with E-state index in [1.807, 2.05) is 6.92 Å². The van der Waals surface area contributed by atoms with Crippen molar-refractivity contribution in [1.29, 1.82) is 0 Å². The summed E-state index contributed by atoms with van der Waals surface area (Å²) in [6.07, 6.45) is 3.40. The molecule has 3 aliphatic rings. The number of likely N-dealkylation sites (tertiary alicyclic amines) is 1. The van der Waals surface area contributed by atoms with E-state index < -0.39 is 0 Å². The standard InChI is InChI=1S/C11H15NO2/c1-11-7-4-3-6(5-7)8(11)9(13)12(2)10(11)14/h6-8H,3-5H2,1-2H3/t6-,7+,8+,11+/m1/s1. The Bertz CT molecular complexity index is 338. The minimum Gasteiger partial charge on any atom is -0.285 e. The van der Waals surface area contributed by atoms with E-state index in [1.54, 1.807) is 7.05 Å². The molecule has 2 aliphatic carbocycles. The number of imide groups is 1. The molecule has 2 amide bonds. The maximum Gasteiger partial charge on any atom is 0.235 e. The quantitative estimate of drug-likeness (QED) is 0.539. The van der Waals surface area contributed by atoms with Crippen LogP contribution < -0.4 is 0 Å². The third-order valence-electron chi connectivity index (χ3n) is 4.80. The molecule has 0 unspecified atom stereocenters. The molecule has 3 heteroatoms. The molecule has 14 heavy (non-hydrogen) atoms. The van der Waals surface area contributed by atoms with Gasteiger partial charge in [0, 0.05) is 7.05 Å². The summed E-state index contributed by atoms with van der Waals surface area (Å²) < 4.78 is 0. The Morgan fingerprint density at radius 3 is 2.71 bits per heavy atom. The van der Waals surface area contributed by atoms with Crippen molar-refractivity contribution in [2.24, 2.45) is 23.2 Å². The minimum atomic E-state index is -0.339. The van der Waals surface area contributed by atoms with Crippen LogP contribution in [0.3, 0.4) is 0 Å². The lowest BCUT2D eigenvalue weighted by atomic mass is 9.69. The molecule has 3 nitrogen and oxygen atoms in total. The Balaban J connectivity index is 2.12. The Labute approximate surface area is 83.5 Å². The molecular weight excluding hydrogens is 178 g/mol. The first-order valence-electron chi connectivity index (χ1n) is 5.39. The molecule has 0 spiro atoms. The van der Waals surface area contributed by atoms with Gasteiger partial charge in [0.1, 0.15) is 0 Å². The van der Waals surface area contributed by atoms with Crippen molar-refractivity contribution < 1.29 is 9.59 Å². The van der Waals surface area contributed by atoms with Crippen LogP contribution >= 0.6 is 0 Å². The number of hydrogen-bond acceptors (Lipinski definition) is 2. The number of carbonyl (C=O) groups excluding carboxylic acids is 2. The fourth-order valence-corrected chi connectivity index (χ4v) is 4.04. The van der Waals surface area contributed by atoms with Crippen LogP contribution in [0.2, 0.25) is 0 Å². The highest BCUT2D eigenvalue weighted by Crippen LogP contribution is 2.63. The number of fused-ring (bicyclic) bond motifs is 5. The largest absolute Gasteiger partial charge is 0.285 e. The van der Waals surface area contributed by atoms with Gasteiger partial charge in [0.2, 0.25) is 11.8 Å². The van der Waals surface area contributed by atoms with Crippen molar-refractivity contribution in [3.63, 3.8) is 0 Å². The van der Waals surface area contributed by atoms with Gasteiger partial charge in [-0.3, -0.25) is 14.5 Å². The average molecular weight is 193 g/mol. The molecular formula is C11H15NO2. The van der Waals surface area contributed by atoms with Gasteiger partial charge < -0.3 is 0 Å². The van der Waals surface area contributed by atoms with E-state index in [0.717, 1.165) is 19.3 Å². The fraction of sp³-hybridized carbons (Fsp3) is 0.818. The first-order chi connectivity index (χ1) is 6.56. The molecule has 0 aromatic rings. The summed E-state index contributed by atoms with van der Waals surface area (Å²) >= 11 is 0. The summed E-state index contributed by atoms with van der Waals surface area (Å²) in [5.74, 6) is 1.12. The first-order valence-corrected chi connectivity index (χ1v) is 5.39. The van der Waals surface area contributed by atoms with Crippen LogP contribution in [0.15, 0.2) is 0 Å². The van der Waals surface area contributed by atoms with Crippen molar-refractivity contribution in [1.82, 2.24) is 4.90 Å². The summed E-state index contributed by atoms with van der Waals surface area (Å²) in [4.78, 5) is 25.3. The molecule has 3 rings (SSSR count). The van der Waals surface area contributed by atoms with E-state index in [2.05, 4.69) is 0 Å². The summed E-state index contributed by atoms with van der Waals surface area (Å²) in [7, 11) is 1.63. The Morgan fingerprint density at radius 1 is 1.36 bits per heavy atom. The lowest BCUT2D eigenvalue weighted by molar-refractivity contribution is -0.140. The van der Waals surface area contributed by atoms with Crippen LogP contribution in [0.4, 0.5) is 0 Å². The van der Waals surface area contributed by atoms with Gasteiger partial charge in [-0.1, -0.05) is 0 Å². The van der Waals surface area contributed by atoms with Crippen LogP contribution in [-0.4, -0.2) is 23.8 Å². The molecule has 0 radical (unpaired) electrons. The molecule has 0 aromatic carbocycles. The number of nitrogens with zero attached hydrogens (tertiary/aromatic N) is 1. The SMILES string of the molecule is CN1C(=O)[C@@H]2[C@@H]3CC[C@@H](C3)[C@]2(C)C1=O. The number of hydrogen-bond donors (Lipinski definition) is 0. The topological polar surface area (TPSA) is 37.4 Å². The predicted molar refractivity (Wildman–Crippen MR) is 50.2 cm³/mol. The maximum absolute atomic E-state index is 12.0. The van der Waals surface area contributed by atoms with E-state index in [9.17, 15) is 9.59 Å². The molecule has 3 fully saturated rings. The zero-order chi connectivity index (χ0) is 10.1. The number of rotatable bonds is 0. The third-order valence-corrected chi connectivity index (χ3v) is 4.80. The summed E-state index contributed by atoms with van der Waals surface area (Å²) in [5.41, 5.74) is -0.339. The smallest absolute Gasteiger partial charge is 0.235 e. The Kier molecular flexibility index (Phi) is 1.33. The van der Waals surface area contributed by atoms with E-state index in [4.69, 9.17) is 0 Å². The molecule has 0 N–H and O–H groups in total. The average Bonchev–Trinajstić information content (AvgIpc) is 2.77. The van der Waals surface area contributed by atoms with E-state index in [0.29, 0.717) is 11.8 Å². The van der Waals surface area contributed by atoms with Crippen molar-refractivity contribution in [3.05, 3.63) is 0 Å². The summed E-state index contributed by atoms with van der Waals surface area (Å²) in [6, 6.07) is 0. The van der Waals surface area contributed by atoms with Crippen LogP contribution in [0.25, 0.3) is 0 Å².